The van der Waals surface area contributed by atoms with Gasteiger partial charge in [0, 0.05) is 105 Å². The Morgan fingerprint density at radius 1 is 0.584 bits per heavy atom. The molecule has 1 amide bonds. The van der Waals surface area contributed by atoms with E-state index in [1.807, 2.05) is 80.7 Å². The summed E-state index contributed by atoms with van der Waals surface area (Å²) in [6.07, 6.45) is 13.4. The molecule has 89 heavy (non-hydrogen) atoms. The topological polar surface area (TPSA) is 253 Å². The Hall–Kier alpha value is -9.49. The van der Waals surface area contributed by atoms with Gasteiger partial charge in [-0.25, -0.2) is 9.15 Å². The monoisotopic (exact) mass is 1240 g/mol. The van der Waals surface area contributed by atoms with Crippen LogP contribution in [0, 0.1) is 20.2 Å². The zero-order valence-corrected chi connectivity index (χ0v) is 54.1. The van der Waals surface area contributed by atoms with Crippen molar-refractivity contribution in [3.05, 3.63) is 214 Å². The highest BCUT2D eigenvalue weighted by Crippen LogP contribution is 2.45. The van der Waals surface area contributed by atoms with Crippen LogP contribution in [0.5, 0.6) is 5.75 Å². The summed E-state index contributed by atoms with van der Waals surface area (Å²) >= 11 is 0. The number of carbonyl (C=O) groups excluding carboxylic acids is 4. The van der Waals surface area contributed by atoms with Crippen LogP contribution < -0.4 is 40.4 Å². The van der Waals surface area contributed by atoms with Gasteiger partial charge < -0.3 is 49.1 Å². The summed E-state index contributed by atoms with van der Waals surface area (Å²) in [5, 5.41) is 54.6. The molecule has 2 aliphatic heterocycles. The smallest absolute Gasteiger partial charge is 0.298 e. The summed E-state index contributed by atoms with van der Waals surface area (Å²) < 4.78 is 20.4. The van der Waals surface area contributed by atoms with E-state index in [1.165, 1.54) is 57.2 Å². The standard InChI is InChI=1S/C40H45N5O9Si.C27H28N2O4Si/c1-42(2)28-12-15-32-36(24-28)55(5,6)37-25-29(43(3)4)13-16-33(37)38(32)34-22-27(10-14-31(34)40(47)48)39(46)41-17-19-54-21-20-53-18-7-8-26-9-11-30(44(49)50)23-35(26)45(51)52;1-28(2)17-7-10-21-24(13-17)34(5,6)25-14-18(29(3)4)8-11-22(25)26(21)23-15-19(33-16-30)9-12-20(23)27(31)32/h9-16,22-25H,7-8,17-21H2,1-6H3,(H-,41,46,47,48);7-16H,1-6H3. The van der Waals surface area contributed by atoms with Gasteiger partial charge in [0.05, 0.1) is 47.7 Å². The minimum Gasteiger partial charge on any atom is -0.545 e. The zero-order chi connectivity index (χ0) is 64.8. The number of nitro benzene ring substituents is 2. The number of aromatic carboxylic acids is 2. The molecule has 0 saturated heterocycles. The SMILES string of the molecule is CN(C)c1ccc2c(c1)[Si](C)(C)C1=CC(=[N+](C)C)C=CC1=C2c1cc(C(=O)NCCOCCOCCCc2ccc([N+](=O)[O-])cc2[N+](=O)[O-])ccc1C(=O)[O-].CN(C)c1ccc2c(c1)[Si](C)(C)C1=CC(=[N+](C)C)C=CC1=C2c1cc(OC=O)ccc1C(=O)[O-]. The van der Waals surface area contributed by atoms with Crippen molar-refractivity contribution in [2.24, 2.45) is 0 Å². The lowest BCUT2D eigenvalue weighted by molar-refractivity contribution is -0.462. The number of carboxylic acids is 2. The molecule has 0 unspecified atom stereocenters. The van der Waals surface area contributed by atoms with Crippen molar-refractivity contribution < 1.29 is 62.6 Å². The normalized spacial score (nSPS) is 14.8. The molecule has 4 aliphatic rings. The fraction of sp³-hybridized carbons (Fsp3) is 0.284. The van der Waals surface area contributed by atoms with Crippen molar-refractivity contribution in [1.29, 1.82) is 0 Å². The molecule has 0 saturated carbocycles. The summed E-state index contributed by atoms with van der Waals surface area (Å²) in [4.78, 5) is 74.2. The van der Waals surface area contributed by atoms with Crippen molar-refractivity contribution in [2.75, 3.05) is 99.2 Å². The highest BCUT2D eigenvalue weighted by molar-refractivity contribution is 6.98. The lowest BCUT2D eigenvalue weighted by Crippen LogP contribution is -2.50. The molecule has 5 aromatic carbocycles. The molecule has 0 spiro atoms. The second-order valence-electron chi connectivity index (χ2n) is 23.7. The van der Waals surface area contributed by atoms with Crippen LogP contribution in [0.3, 0.4) is 0 Å². The molecular weight excluding hydrogens is 1170 g/mol. The summed E-state index contributed by atoms with van der Waals surface area (Å²) in [6.45, 7) is 10.8. The number of non-ortho nitro benzene ring substituents is 1. The number of benzene rings is 5. The van der Waals surface area contributed by atoms with Crippen LogP contribution in [0.15, 0.2) is 149 Å². The van der Waals surface area contributed by atoms with E-state index in [0.29, 0.717) is 48.2 Å². The number of aryl methyl sites for hydroxylation is 1. The fourth-order valence-electron chi connectivity index (χ4n) is 11.5. The van der Waals surface area contributed by atoms with Gasteiger partial charge in [-0.15, -0.1) is 0 Å². The van der Waals surface area contributed by atoms with Crippen LogP contribution in [0.2, 0.25) is 26.2 Å². The van der Waals surface area contributed by atoms with Crippen molar-refractivity contribution in [3.63, 3.8) is 0 Å². The predicted octanol–water partition coefficient (Wildman–Crippen LogP) is 5.94. The summed E-state index contributed by atoms with van der Waals surface area (Å²) in [6, 6.07) is 25.3. The van der Waals surface area contributed by atoms with Crippen molar-refractivity contribution in [1.82, 2.24) is 5.32 Å². The van der Waals surface area contributed by atoms with Gasteiger partial charge in [0.15, 0.2) is 11.4 Å². The van der Waals surface area contributed by atoms with E-state index in [2.05, 4.69) is 99.0 Å². The van der Waals surface area contributed by atoms with Gasteiger partial charge in [0.2, 0.25) is 0 Å². The predicted molar refractivity (Wildman–Crippen MR) is 347 cm³/mol. The Morgan fingerprint density at radius 3 is 1.56 bits per heavy atom. The molecule has 0 fully saturated rings. The number of hydrogen-bond donors (Lipinski definition) is 1. The van der Waals surface area contributed by atoms with E-state index in [1.54, 1.807) is 12.1 Å². The van der Waals surface area contributed by atoms with Gasteiger partial charge in [-0.1, -0.05) is 44.4 Å². The Labute approximate surface area is 519 Å². The zero-order valence-electron chi connectivity index (χ0n) is 52.1. The second-order valence-corrected chi connectivity index (χ2v) is 32.3. The molecule has 0 radical (unpaired) electrons. The summed E-state index contributed by atoms with van der Waals surface area (Å²) in [7, 11) is 11.6. The van der Waals surface area contributed by atoms with Gasteiger partial charge in [0.1, 0.15) is 50.1 Å². The third-order valence-corrected chi connectivity index (χ3v) is 23.4. The van der Waals surface area contributed by atoms with Crippen LogP contribution in [-0.4, -0.2) is 160 Å². The number of fused-ring (bicyclic) bond motifs is 4. The largest absolute Gasteiger partial charge is 0.545 e. The van der Waals surface area contributed by atoms with Gasteiger partial charge >= 0.3 is 0 Å². The highest BCUT2D eigenvalue weighted by Gasteiger charge is 2.43. The summed E-state index contributed by atoms with van der Waals surface area (Å²) in [5.74, 6) is -2.72. The van der Waals surface area contributed by atoms with Crippen LogP contribution in [-0.2, 0) is 20.7 Å². The number of rotatable bonds is 21. The lowest BCUT2D eigenvalue weighted by atomic mass is 9.86. The van der Waals surface area contributed by atoms with Gasteiger partial charge in [0.25, 0.3) is 23.8 Å². The first-order valence-corrected chi connectivity index (χ1v) is 34.9. The number of hydrogen-bond acceptors (Lipinski definition) is 15. The average molecular weight is 1240 g/mol. The Balaban J connectivity index is 0.000000257. The first kappa shape index (κ1) is 65.5. The number of allylic oxidation sites excluding steroid dienone is 10. The van der Waals surface area contributed by atoms with E-state index in [0.717, 1.165) is 62.3 Å². The van der Waals surface area contributed by atoms with E-state index >= 15 is 0 Å². The molecule has 22 heteroatoms. The maximum Gasteiger partial charge on any atom is 0.298 e. The van der Waals surface area contributed by atoms with Crippen LogP contribution >= 0.6 is 0 Å². The molecule has 0 bridgehead atoms. The minimum atomic E-state index is -2.28. The van der Waals surface area contributed by atoms with Gasteiger partial charge in [-0.05, 0) is 151 Å². The highest BCUT2D eigenvalue weighted by atomic mass is 28.3. The summed E-state index contributed by atoms with van der Waals surface area (Å²) in [5.41, 5.74) is 10.7. The van der Waals surface area contributed by atoms with Crippen LogP contribution in [0.4, 0.5) is 22.7 Å². The average Bonchev–Trinajstić information content (AvgIpc) is 0.737. The molecule has 5 aromatic rings. The van der Waals surface area contributed by atoms with E-state index in [4.69, 9.17) is 14.2 Å². The Kier molecular flexibility index (Phi) is 20.1. The molecule has 1 N–H and O–H groups in total. The number of nitrogens with one attached hydrogen (secondary N) is 1. The number of anilines is 2. The lowest BCUT2D eigenvalue weighted by Gasteiger charge is -2.38. The Bertz CT molecular complexity index is 4010. The molecular formula is C67H73N7O13Si2. The molecule has 2 heterocycles. The van der Waals surface area contributed by atoms with Gasteiger partial charge in [-0.2, -0.15) is 0 Å². The van der Waals surface area contributed by atoms with Gasteiger partial charge in [-0.3, -0.25) is 29.8 Å². The number of ether oxygens (including phenoxy) is 3. The number of amides is 1. The van der Waals surface area contributed by atoms with Crippen LogP contribution in [0.1, 0.15) is 65.3 Å². The van der Waals surface area contributed by atoms with E-state index in [9.17, 15) is 49.6 Å². The maximum atomic E-state index is 13.4. The number of nitrogens with zero attached hydrogens (tertiary/aromatic N) is 6. The number of carbonyl (C=O) groups is 4. The fourth-order valence-corrected chi connectivity index (χ4v) is 17.7. The van der Waals surface area contributed by atoms with Crippen molar-refractivity contribution in [3.8, 4) is 5.75 Å². The van der Waals surface area contributed by atoms with Crippen LogP contribution in [0.25, 0.3) is 11.1 Å². The molecule has 20 nitrogen and oxygen atoms in total. The third kappa shape index (κ3) is 14.0. The molecule has 2 aliphatic carbocycles. The number of carboxylic acid groups (broad SMARTS) is 2. The minimum absolute atomic E-state index is 0.00695. The van der Waals surface area contributed by atoms with Crippen molar-refractivity contribution in [2.45, 2.75) is 39.0 Å². The quantitative estimate of drug-likeness (QED) is 0.0223. The van der Waals surface area contributed by atoms with Crippen molar-refractivity contribution >= 4 is 96.2 Å². The maximum absolute atomic E-state index is 13.4. The first-order valence-electron chi connectivity index (χ1n) is 28.9. The second kappa shape index (κ2) is 27.3. The Morgan fingerprint density at radius 2 is 1.09 bits per heavy atom. The molecule has 0 aromatic heterocycles. The molecule has 0 atom stereocenters. The molecule has 462 valence electrons. The van der Waals surface area contributed by atoms with E-state index in [-0.39, 0.29) is 60.5 Å². The first-order chi connectivity index (χ1) is 42.2. The molecule has 9 rings (SSSR count). The number of nitro groups is 2. The third-order valence-electron chi connectivity index (χ3n) is 16.4. The van der Waals surface area contributed by atoms with E-state index < -0.39 is 37.9 Å².